The highest BCUT2D eigenvalue weighted by molar-refractivity contribution is 6.30. The highest BCUT2D eigenvalue weighted by atomic mass is 35.5. The van der Waals surface area contributed by atoms with Crippen molar-refractivity contribution in [2.24, 2.45) is 0 Å². The molecule has 3 aromatic heterocycles. The molecule has 3 heterocycles. The van der Waals surface area contributed by atoms with Crippen LogP contribution in [0.15, 0.2) is 61.2 Å². The van der Waals surface area contributed by atoms with Crippen molar-refractivity contribution in [3.8, 4) is 17.3 Å². The first-order valence-corrected chi connectivity index (χ1v) is 9.04. The molecule has 0 radical (unpaired) electrons. The van der Waals surface area contributed by atoms with Gasteiger partial charge in [-0.25, -0.2) is 15.0 Å². The fourth-order valence-corrected chi connectivity index (χ4v) is 2.96. The summed E-state index contributed by atoms with van der Waals surface area (Å²) in [5.41, 5.74) is 3.03. The van der Waals surface area contributed by atoms with Gasteiger partial charge in [0.25, 0.3) is 0 Å². The van der Waals surface area contributed by atoms with Crippen LogP contribution in [0.25, 0.3) is 16.9 Å². The fourth-order valence-electron chi connectivity index (χ4n) is 2.77. The van der Waals surface area contributed by atoms with Crippen LogP contribution in [-0.2, 0) is 0 Å². The molecule has 138 valence electrons. The van der Waals surface area contributed by atoms with E-state index >= 15 is 0 Å². The number of benzene rings is 1. The number of fused-ring (bicyclic) bond motifs is 1. The van der Waals surface area contributed by atoms with Crippen molar-refractivity contribution >= 4 is 28.9 Å². The van der Waals surface area contributed by atoms with Crippen LogP contribution >= 0.6 is 11.6 Å². The Bertz CT molecular complexity index is 1150. The molecule has 0 amide bonds. The minimum absolute atomic E-state index is 0.535. The summed E-state index contributed by atoms with van der Waals surface area (Å²) in [5.74, 6) is 1.41. The molecule has 1 aromatic carbocycles. The predicted octanol–water partition coefficient (Wildman–Crippen LogP) is 3.84. The zero-order valence-corrected chi connectivity index (χ0v) is 15.6. The molecule has 0 atom stereocenters. The SMILES string of the molecule is N#Cc1ccc(NCCNc2nc(-c3cccc(Cl)c3)cn3ccnc23)nc1. The van der Waals surface area contributed by atoms with Gasteiger partial charge in [-0.2, -0.15) is 5.26 Å². The first-order chi connectivity index (χ1) is 13.7. The van der Waals surface area contributed by atoms with E-state index in [0.29, 0.717) is 35.3 Å². The molecule has 0 fully saturated rings. The van der Waals surface area contributed by atoms with Gasteiger partial charge in [-0.1, -0.05) is 23.7 Å². The zero-order chi connectivity index (χ0) is 19.3. The van der Waals surface area contributed by atoms with Gasteiger partial charge in [0.1, 0.15) is 11.9 Å². The Morgan fingerprint density at radius 1 is 1.11 bits per heavy atom. The maximum absolute atomic E-state index is 8.81. The Hall–Kier alpha value is -3.63. The van der Waals surface area contributed by atoms with Gasteiger partial charge in [0.05, 0.1) is 11.3 Å². The maximum atomic E-state index is 8.81. The van der Waals surface area contributed by atoms with Crippen molar-refractivity contribution in [1.29, 1.82) is 5.26 Å². The van der Waals surface area contributed by atoms with Crippen molar-refractivity contribution in [3.63, 3.8) is 0 Å². The molecule has 4 aromatic rings. The van der Waals surface area contributed by atoms with Crippen LogP contribution in [0.3, 0.4) is 0 Å². The van der Waals surface area contributed by atoms with E-state index in [4.69, 9.17) is 21.8 Å². The second-order valence-electron chi connectivity index (χ2n) is 6.04. The normalized spacial score (nSPS) is 10.6. The summed E-state index contributed by atoms with van der Waals surface area (Å²) >= 11 is 6.12. The van der Waals surface area contributed by atoms with E-state index in [9.17, 15) is 0 Å². The maximum Gasteiger partial charge on any atom is 0.180 e. The minimum Gasteiger partial charge on any atom is -0.368 e. The molecule has 0 aliphatic rings. The van der Waals surface area contributed by atoms with Crippen LogP contribution in [0.2, 0.25) is 5.02 Å². The Morgan fingerprint density at radius 2 is 2.00 bits per heavy atom. The van der Waals surface area contributed by atoms with Crippen molar-refractivity contribution < 1.29 is 0 Å². The van der Waals surface area contributed by atoms with E-state index in [-0.39, 0.29) is 0 Å². The van der Waals surface area contributed by atoms with Crippen LogP contribution in [-0.4, -0.2) is 32.4 Å². The molecule has 0 aliphatic carbocycles. The summed E-state index contributed by atoms with van der Waals surface area (Å²) in [5, 5.41) is 16.0. The smallest absolute Gasteiger partial charge is 0.180 e. The molecule has 4 rings (SSSR count). The van der Waals surface area contributed by atoms with Crippen LogP contribution in [0.1, 0.15) is 5.56 Å². The number of hydrogen-bond acceptors (Lipinski definition) is 6. The Morgan fingerprint density at radius 3 is 2.79 bits per heavy atom. The summed E-state index contributed by atoms with van der Waals surface area (Å²) in [6, 6.07) is 13.2. The average molecular weight is 390 g/mol. The lowest BCUT2D eigenvalue weighted by atomic mass is 10.1. The van der Waals surface area contributed by atoms with Gasteiger partial charge < -0.3 is 15.0 Å². The van der Waals surface area contributed by atoms with Crippen molar-refractivity contribution in [1.82, 2.24) is 19.4 Å². The topological polar surface area (TPSA) is 90.9 Å². The lowest BCUT2D eigenvalue weighted by Gasteiger charge is -2.11. The number of nitrogens with zero attached hydrogens (tertiary/aromatic N) is 5. The molecular formula is C20H16ClN7. The van der Waals surface area contributed by atoms with Gasteiger partial charge in [0.2, 0.25) is 0 Å². The lowest BCUT2D eigenvalue weighted by Crippen LogP contribution is -2.15. The van der Waals surface area contributed by atoms with Gasteiger partial charge in [0.15, 0.2) is 11.5 Å². The van der Waals surface area contributed by atoms with Gasteiger partial charge in [-0.05, 0) is 24.3 Å². The van der Waals surface area contributed by atoms with E-state index in [1.165, 1.54) is 0 Å². The highest BCUT2D eigenvalue weighted by Crippen LogP contribution is 2.24. The fraction of sp³-hybridized carbons (Fsp3) is 0.100. The quantitative estimate of drug-likeness (QED) is 0.487. The number of pyridine rings is 1. The molecule has 0 aliphatic heterocycles. The Balaban J connectivity index is 1.48. The van der Waals surface area contributed by atoms with E-state index in [2.05, 4.69) is 26.7 Å². The summed E-state index contributed by atoms with van der Waals surface area (Å²) in [7, 11) is 0. The number of rotatable bonds is 6. The van der Waals surface area contributed by atoms with Crippen LogP contribution in [0.5, 0.6) is 0 Å². The largest absolute Gasteiger partial charge is 0.368 e. The molecule has 0 unspecified atom stereocenters. The van der Waals surface area contributed by atoms with E-state index in [1.54, 1.807) is 24.5 Å². The Kier molecular flexibility index (Phi) is 5.04. The number of nitriles is 1. The van der Waals surface area contributed by atoms with E-state index in [0.717, 1.165) is 16.9 Å². The zero-order valence-electron chi connectivity index (χ0n) is 14.8. The molecule has 0 saturated carbocycles. The summed E-state index contributed by atoms with van der Waals surface area (Å²) in [4.78, 5) is 13.3. The first kappa shape index (κ1) is 17.8. The standard InChI is InChI=1S/C20H16ClN7/c21-16-3-1-2-15(10-16)17-13-28-9-8-25-20(28)19(27-17)24-7-6-23-18-5-4-14(11-22)12-26-18/h1-5,8-10,12-13H,6-7H2,(H,23,26)(H,24,27). The number of hydrogen-bond donors (Lipinski definition) is 2. The number of imidazole rings is 1. The van der Waals surface area contributed by atoms with Crippen LogP contribution < -0.4 is 10.6 Å². The molecule has 2 N–H and O–H groups in total. The van der Waals surface area contributed by atoms with Crippen molar-refractivity contribution in [2.75, 3.05) is 23.7 Å². The molecule has 0 bridgehead atoms. The van der Waals surface area contributed by atoms with Gasteiger partial charge in [-0.3, -0.25) is 0 Å². The number of anilines is 2. The second-order valence-corrected chi connectivity index (χ2v) is 6.48. The van der Waals surface area contributed by atoms with E-state index in [1.807, 2.05) is 41.1 Å². The lowest BCUT2D eigenvalue weighted by molar-refractivity contribution is 1.03. The van der Waals surface area contributed by atoms with Crippen LogP contribution in [0, 0.1) is 11.3 Å². The molecule has 0 spiro atoms. The molecule has 7 nitrogen and oxygen atoms in total. The molecule has 28 heavy (non-hydrogen) atoms. The third-order valence-corrected chi connectivity index (χ3v) is 4.35. The van der Waals surface area contributed by atoms with Crippen molar-refractivity contribution in [3.05, 3.63) is 71.8 Å². The number of nitrogens with one attached hydrogen (secondary N) is 2. The third kappa shape index (κ3) is 3.87. The Labute approximate surface area is 166 Å². The second kappa shape index (κ2) is 7.94. The molecule has 8 heteroatoms. The van der Waals surface area contributed by atoms with E-state index < -0.39 is 0 Å². The highest BCUT2D eigenvalue weighted by Gasteiger charge is 2.09. The predicted molar refractivity (Wildman–Crippen MR) is 109 cm³/mol. The summed E-state index contributed by atoms with van der Waals surface area (Å²) < 4.78 is 1.93. The average Bonchev–Trinajstić information content (AvgIpc) is 3.20. The molecular weight excluding hydrogens is 374 g/mol. The molecule has 0 saturated heterocycles. The first-order valence-electron chi connectivity index (χ1n) is 8.66. The monoisotopic (exact) mass is 389 g/mol. The van der Waals surface area contributed by atoms with Gasteiger partial charge in [-0.15, -0.1) is 0 Å². The van der Waals surface area contributed by atoms with Gasteiger partial charge >= 0.3 is 0 Å². The van der Waals surface area contributed by atoms with Crippen molar-refractivity contribution in [2.45, 2.75) is 0 Å². The van der Waals surface area contributed by atoms with Crippen LogP contribution in [0.4, 0.5) is 11.6 Å². The number of aromatic nitrogens is 4. The van der Waals surface area contributed by atoms with Gasteiger partial charge in [0, 0.05) is 48.5 Å². The summed E-state index contributed by atoms with van der Waals surface area (Å²) in [6.45, 7) is 1.26. The third-order valence-electron chi connectivity index (χ3n) is 4.11. The number of halogens is 1. The summed E-state index contributed by atoms with van der Waals surface area (Å²) in [6.07, 6.45) is 7.09. The minimum atomic E-state index is 0.535.